The molecule has 10 rings (SSSR count). The number of benzene rings is 6. The zero-order chi connectivity index (χ0) is 40.7. The summed E-state index contributed by atoms with van der Waals surface area (Å²) in [5.74, 6) is 2.10. The maximum absolute atomic E-state index is 12.3. The first-order valence-corrected chi connectivity index (χ1v) is 22.9. The largest absolute Gasteiger partial charge is 0.507 e. The Kier molecular flexibility index (Phi) is 11.7. The summed E-state index contributed by atoms with van der Waals surface area (Å²) in [5.41, 5.74) is 21.8. The predicted molar refractivity (Wildman–Crippen MR) is 252 cm³/mol. The third-order valence-electron chi connectivity index (χ3n) is 13.9. The molecule has 0 bridgehead atoms. The zero-order valence-electron chi connectivity index (χ0n) is 35.5. The molecule has 6 aromatic carbocycles. The van der Waals surface area contributed by atoms with Crippen LogP contribution in [-0.2, 0) is 51.4 Å². The van der Waals surface area contributed by atoms with Crippen molar-refractivity contribution in [3.8, 4) is 67.5 Å². The molecule has 0 aliphatic heterocycles. The Labute approximate surface area is 363 Å². The Hall–Kier alpha value is -5.48. The first-order chi connectivity index (χ1) is 29.4. The molecule has 4 aliphatic carbocycles. The van der Waals surface area contributed by atoms with Gasteiger partial charge in [0.05, 0.1) is 0 Å². The van der Waals surface area contributed by atoms with Crippen molar-refractivity contribution >= 4 is 0 Å². The molecule has 4 heteroatoms. The molecule has 4 nitrogen and oxygen atoms in total. The van der Waals surface area contributed by atoms with Crippen LogP contribution in [0.1, 0.15) is 114 Å². The van der Waals surface area contributed by atoms with Gasteiger partial charge >= 0.3 is 0 Å². The second-order valence-electron chi connectivity index (χ2n) is 18.0. The lowest BCUT2D eigenvalue weighted by Gasteiger charge is -2.28. The highest BCUT2D eigenvalue weighted by atomic mass is 16.5. The van der Waals surface area contributed by atoms with Gasteiger partial charge in [-0.1, -0.05) is 56.0 Å². The highest BCUT2D eigenvalue weighted by molar-refractivity contribution is 5.90. The minimum atomic E-state index is 0. The van der Waals surface area contributed by atoms with Gasteiger partial charge in [0.25, 0.3) is 0 Å². The fourth-order valence-corrected chi connectivity index (χ4v) is 11.2. The van der Waals surface area contributed by atoms with E-state index < -0.39 is 0 Å². The summed E-state index contributed by atoms with van der Waals surface area (Å²) in [6.45, 7) is 4.91. The Bertz CT molecular complexity index is 2360. The average molecular weight is 811 g/mol. The van der Waals surface area contributed by atoms with Crippen molar-refractivity contribution < 1.29 is 19.7 Å². The molecule has 0 heterocycles. The van der Waals surface area contributed by atoms with E-state index in [1.54, 1.807) is 0 Å². The van der Waals surface area contributed by atoms with Crippen molar-refractivity contribution in [3.63, 3.8) is 0 Å². The first kappa shape index (κ1) is 40.9. The lowest BCUT2D eigenvalue weighted by atomic mass is 9.76. The van der Waals surface area contributed by atoms with Crippen LogP contribution in [0.3, 0.4) is 0 Å². The monoisotopic (exact) mass is 810 g/mol. The smallest absolute Gasteiger partial charge is 0.131 e. The summed E-state index contributed by atoms with van der Waals surface area (Å²) in [4.78, 5) is 0. The topological polar surface area (TPSA) is 58.9 Å². The third kappa shape index (κ3) is 7.73. The quantitative estimate of drug-likeness (QED) is 0.143. The van der Waals surface area contributed by atoms with Crippen LogP contribution < -0.4 is 9.47 Å². The number of para-hydroxylation sites is 2. The van der Waals surface area contributed by atoms with E-state index in [9.17, 15) is 10.2 Å². The molecule has 0 aromatic heterocycles. The van der Waals surface area contributed by atoms with Gasteiger partial charge in [-0.05, 0) is 220 Å². The number of rotatable bonds is 9. The molecule has 0 saturated carbocycles. The number of aryl methyl sites for hydroxylation is 6. The number of phenols is 2. The van der Waals surface area contributed by atoms with Gasteiger partial charge in [0.2, 0.25) is 0 Å². The van der Waals surface area contributed by atoms with Crippen LogP contribution in [0.4, 0.5) is 0 Å². The summed E-state index contributed by atoms with van der Waals surface area (Å²) >= 11 is 0. The van der Waals surface area contributed by atoms with Crippen molar-refractivity contribution in [2.24, 2.45) is 0 Å². The van der Waals surface area contributed by atoms with Crippen molar-refractivity contribution in [1.82, 2.24) is 0 Å². The van der Waals surface area contributed by atoms with Crippen molar-refractivity contribution in [2.45, 2.75) is 124 Å². The molecular weight excluding hydrogens is 749 g/mol. The first-order valence-electron chi connectivity index (χ1n) is 22.9. The molecule has 4 aliphatic rings. The van der Waals surface area contributed by atoms with E-state index in [4.69, 9.17) is 9.47 Å². The van der Waals surface area contributed by atoms with E-state index in [1.165, 1.54) is 107 Å². The molecule has 2 N–H and O–H groups in total. The van der Waals surface area contributed by atoms with Crippen LogP contribution in [0.2, 0.25) is 0 Å². The Morgan fingerprint density at radius 2 is 0.705 bits per heavy atom. The van der Waals surface area contributed by atoms with Crippen molar-refractivity contribution in [1.29, 1.82) is 0 Å². The minimum Gasteiger partial charge on any atom is -0.507 e. The van der Waals surface area contributed by atoms with Gasteiger partial charge < -0.3 is 19.7 Å². The molecule has 0 atom stereocenters. The highest BCUT2D eigenvalue weighted by Gasteiger charge is 2.28. The lowest BCUT2D eigenvalue weighted by Crippen LogP contribution is -2.13. The maximum Gasteiger partial charge on any atom is 0.131 e. The van der Waals surface area contributed by atoms with Gasteiger partial charge in [-0.3, -0.25) is 0 Å². The molecule has 0 fully saturated rings. The highest BCUT2D eigenvalue weighted by Crippen LogP contribution is 2.49. The minimum absolute atomic E-state index is 0. The van der Waals surface area contributed by atoms with Crippen molar-refractivity contribution in [3.05, 3.63) is 141 Å². The molecule has 0 unspecified atom stereocenters. The summed E-state index contributed by atoms with van der Waals surface area (Å²) in [7, 11) is 0. The van der Waals surface area contributed by atoms with E-state index in [2.05, 4.69) is 62.4 Å². The van der Waals surface area contributed by atoms with Crippen LogP contribution in [-0.4, -0.2) is 23.4 Å². The standard InChI is InChI=1S/C56H58O4.CH4/c1-35-29-47(55(57)49(31-35)53-41-19-7-3-15-37(41)33-38-16-4-8-20-42(38)53)45-23-11-13-25-51(45)59-27-28-60-52-26-14-12-24-46(52)48-30-36(2)32-50(56(48)58)54-43-21-9-5-17-39(43)34-40-18-6-10-22-44(40)54;/h11-14,23-26,29-34,57-58H,3-10,15-22,27-28H2,1-2H3;1H4. The van der Waals surface area contributed by atoms with Gasteiger partial charge in [0.1, 0.15) is 36.2 Å². The fourth-order valence-electron chi connectivity index (χ4n) is 11.2. The van der Waals surface area contributed by atoms with E-state index >= 15 is 0 Å². The van der Waals surface area contributed by atoms with Gasteiger partial charge in [-0.25, -0.2) is 0 Å². The molecule has 0 spiro atoms. The van der Waals surface area contributed by atoms with E-state index in [-0.39, 0.29) is 7.43 Å². The van der Waals surface area contributed by atoms with Crippen molar-refractivity contribution in [2.75, 3.05) is 13.2 Å². The second-order valence-corrected chi connectivity index (χ2v) is 18.0. The average Bonchev–Trinajstić information content (AvgIpc) is 3.28. The SMILES string of the molecule is C.Cc1cc(-c2ccccc2OCCOc2ccccc2-c2cc(C)cc(-c3c4c(cc5c3CCCC5)CCCC4)c2O)c(O)c(-c2c3c(cc4c2CCCC4)CCCC3)c1. The van der Waals surface area contributed by atoms with Crippen LogP contribution in [0, 0.1) is 13.8 Å². The number of aromatic hydroxyl groups is 2. The third-order valence-corrected chi connectivity index (χ3v) is 13.9. The second kappa shape index (κ2) is 17.5. The summed E-state index contributed by atoms with van der Waals surface area (Å²) < 4.78 is 13.0. The molecule has 314 valence electrons. The Morgan fingerprint density at radius 3 is 1.07 bits per heavy atom. The number of phenolic OH excluding ortho intramolecular Hbond substituents is 2. The molecule has 0 radical (unpaired) electrons. The summed E-state index contributed by atoms with van der Waals surface area (Å²) in [6.07, 6.45) is 18.6. The van der Waals surface area contributed by atoms with Gasteiger partial charge in [-0.2, -0.15) is 0 Å². The van der Waals surface area contributed by atoms with Crippen LogP contribution >= 0.6 is 0 Å². The number of fused-ring (bicyclic) bond motifs is 4. The normalized spacial score (nSPS) is 15.4. The Balaban J connectivity index is 0.00000476. The number of hydrogen-bond donors (Lipinski definition) is 2. The number of hydrogen-bond acceptors (Lipinski definition) is 4. The zero-order valence-corrected chi connectivity index (χ0v) is 35.5. The van der Waals surface area contributed by atoms with Crippen LogP contribution in [0.25, 0.3) is 44.5 Å². The fraction of sp³-hybridized carbons (Fsp3) is 0.368. The molecular formula is C57H62O4. The maximum atomic E-state index is 12.3. The van der Waals surface area contributed by atoms with E-state index in [0.717, 1.165) is 95.9 Å². The van der Waals surface area contributed by atoms with E-state index in [0.29, 0.717) is 36.2 Å². The summed E-state index contributed by atoms with van der Waals surface area (Å²) in [6, 6.07) is 29.7. The van der Waals surface area contributed by atoms with Crippen LogP contribution in [0.15, 0.2) is 84.9 Å². The van der Waals surface area contributed by atoms with Gasteiger partial charge in [-0.15, -0.1) is 0 Å². The predicted octanol–water partition coefficient (Wildman–Crippen LogP) is 14.0. The molecule has 61 heavy (non-hydrogen) atoms. The van der Waals surface area contributed by atoms with Crippen LogP contribution in [0.5, 0.6) is 23.0 Å². The summed E-state index contributed by atoms with van der Waals surface area (Å²) in [5, 5.41) is 24.5. The molecule has 0 saturated heterocycles. The number of ether oxygens (including phenoxy) is 2. The molecule has 6 aromatic rings. The Morgan fingerprint density at radius 1 is 0.393 bits per heavy atom. The lowest BCUT2D eigenvalue weighted by molar-refractivity contribution is 0.218. The van der Waals surface area contributed by atoms with Gasteiger partial charge in [0, 0.05) is 33.4 Å². The van der Waals surface area contributed by atoms with E-state index in [1.807, 2.05) is 36.4 Å². The molecule has 0 amide bonds. The van der Waals surface area contributed by atoms with Gasteiger partial charge in [0.15, 0.2) is 0 Å².